The molecule has 0 radical (unpaired) electrons. The molecule has 3 saturated heterocycles. The maximum absolute atomic E-state index is 16.2. The van der Waals surface area contributed by atoms with E-state index in [1.54, 1.807) is 33.9 Å². The normalized spacial score (nSPS) is 18.7. The first-order valence-electron chi connectivity index (χ1n) is 30.0. The Kier molecular flexibility index (Phi) is 21.8. The number of carbonyl (C=O) groups excluding carboxylic acids is 6. The number of benzene rings is 2. The lowest BCUT2D eigenvalue weighted by atomic mass is 9.85. The van der Waals surface area contributed by atoms with Crippen LogP contribution >= 0.6 is 11.3 Å². The number of aliphatic hydroxyl groups is 1. The highest BCUT2D eigenvalue weighted by atomic mass is 32.1. The molecule has 6 amide bonds. The summed E-state index contributed by atoms with van der Waals surface area (Å²) in [6, 6.07) is 12.4. The fraction of sp³-hybridized carbons (Fsp3) is 0.508. The van der Waals surface area contributed by atoms with Crippen molar-refractivity contribution < 1.29 is 51.4 Å². The minimum atomic E-state index is -5.00. The fourth-order valence-corrected chi connectivity index (χ4v) is 12.2. The number of hydrogen-bond donors (Lipinski definition) is 6. The molecule has 474 valence electrons. The summed E-state index contributed by atoms with van der Waals surface area (Å²) in [5.74, 6) is -2.69. The number of H-pyrrole nitrogens is 1. The number of β-amino-alcohol motifs (C(OH)–C–C–N with tert-alkyl or cyclic N) is 1. The molecule has 6 heterocycles. The Labute approximate surface area is 513 Å². The summed E-state index contributed by atoms with van der Waals surface area (Å²) in [5.41, 5.74) is 1.47. The van der Waals surface area contributed by atoms with Gasteiger partial charge in [-0.15, -0.1) is 11.3 Å². The number of aromatic nitrogens is 3. The van der Waals surface area contributed by atoms with E-state index < -0.39 is 64.1 Å². The number of hydrogen-bond acceptors (Lipinski definition) is 14. The second kappa shape index (κ2) is 29.0. The topological polar surface area (TPSA) is 246 Å². The average molecular weight is 1240 g/mol. The Bertz CT molecular complexity index is 3340. The van der Waals surface area contributed by atoms with Crippen molar-refractivity contribution in [2.45, 2.75) is 142 Å². The molecule has 5 atom stereocenters. The summed E-state index contributed by atoms with van der Waals surface area (Å²) in [7, 11) is 1.97. The lowest BCUT2D eigenvalue weighted by Crippen LogP contribution is -2.57. The lowest BCUT2D eigenvalue weighted by Gasteiger charge is -2.44. The molecular weight excluding hydrogens is 1160 g/mol. The van der Waals surface area contributed by atoms with Gasteiger partial charge in [0.25, 0.3) is 5.91 Å². The Morgan fingerprint density at radius 1 is 0.807 bits per heavy atom. The van der Waals surface area contributed by atoms with Crippen LogP contribution in [0.1, 0.15) is 120 Å². The number of aromatic amines is 1. The van der Waals surface area contributed by atoms with Crippen molar-refractivity contribution in [2.75, 3.05) is 74.5 Å². The third-order valence-corrected chi connectivity index (χ3v) is 17.7. The number of rotatable bonds is 22. The van der Waals surface area contributed by atoms with Crippen molar-refractivity contribution in [3.8, 4) is 21.6 Å². The first-order chi connectivity index (χ1) is 41.7. The number of anilines is 3. The highest BCUT2D eigenvalue weighted by Gasteiger charge is 2.45. The number of pyridine rings is 2. The quantitative estimate of drug-likeness (QED) is 0.0291. The van der Waals surface area contributed by atoms with Crippen LogP contribution < -0.4 is 36.6 Å². The van der Waals surface area contributed by atoms with E-state index in [4.69, 9.17) is 0 Å². The van der Waals surface area contributed by atoms with E-state index in [2.05, 4.69) is 41.1 Å². The summed E-state index contributed by atoms with van der Waals surface area (Å²) >= 11 is 1.56. The molecule has 3 aliphatic heterocycles. The summed E-state index contributed by atoms with van der Waals surface area (Å²) < 4.78 is 58.2. The van der Waals surface area contributed by atoms with Crippen molar-refractivity contribution in [2.24, 2.45) is 5.41 Å². The third kappa shape index (κ3) is 16.9. The van der Waals surface area contributed by atoms with Gasteiger partial charge in [-0.05, 0) is 81.5 Å². The Hall–Kier alpha value is -7.77. The zero-order valence-corrected chi connectivity index (χ0v) is 51.7. The molecule has 2 aromatic carbocycles. The van der Waals surface area contributed by atoms with Crippen LogP contribution in [0.5, 0.6) is 0 Å². The number of thiazole rings is 1. The monoisotopic (exact) mass is 1240 g/mol. The molecule has 25 heteroatoms. The van der Waals surface area contributed by atoms with Crippen LogP contribution in [0.15, 0.2) is 77.3 Å². The Morgan fingerprint density at radius 2 is 1.49 bits per heavy atom. The number of nitrogens with zero attached hydrogens (tertiary/aromatic N) is 7. The molecule has 8 rings (SSSR count). The summed E-state index contributed by atoms with van der Waals surface area (Å²) in [6.07, 6.45) is 0.330. The molecule has 6 N–H and O–H groups in total. The van der Waals surface area contributed by atoms with Gasteiger partial charge in [-0.25, -0.2) is 14.4 Å². The first kappa shape index (κ1) is 66.2. The Morgan fingerprint density at radius 3 is 2.14 bits per heavy atom. The molecule has 1 unspecified atom stereocenters. The second-order valence-corrected chi connectivity index (χ2v) is 25.1. The zero-order valence-electron chi connectivity index (χ0n) is 50.9. The van der Waals surface area contributed by atoms with Gasteiger partial charge in [0.2, 0.25) is 35.1 Å². The van der Waals surface area contributed by atoms with E-state index in [0.717, 1.165) is 41.0 Å². The maximum Gasteiger partial charge on any atom is 0.417 e. The van der Waals surface area contributed by atoms with Crippen LogP contribution in [0.2, 0.25) is 0 Å². The average Bonchev–Trinajstić information content (AvgIpc) is 1.93. The zero-order chi connectivity index (χ0) is 63.6. The smallest absolute Gasteiger partial charge is 0.391 e. The summed E-state index contributed by atoms with van der Waals surface area (Å²) in [5, 5.41) is 21.9. The van der Waals surface area contributed by atoms with Gasteiger partial charge >= 0.3 is 6.18 Å². The predicted molar refractivity (Wildman–Crippen MR) is 329 cm³/mol. The van der Waals surface area contributed by atoms with Crippen LogP contribution in [-0.2, 0) is 36.7 Å². The molecule has 3 aromatic heterocycles. The van der Waals surface area contributed by atoms with E-state index in [9.17, 15) is 51.8 Å². The van der Waals surface area contributed by atoms with Gasteiger partial charge in [-0.2, -0.15) is 13.2 Å². The van der Waals surface area contributed by atoms with Crippen molar-refractivity contribution in [3.63, 3.8) is 0 Å². The minimum absolute atomic E-state index is 0.0200. The highest BCUT2D eigenvalue weighted by molar-refractivity contribution is 7.13. The molecule has 5 aromatic rings. The standard InChI is InChI=1S/C63H80F4N12O8S/c1-38-34-78(35-39(2)75(38)7)50-30-48(64)45(28-49(50)73-59(85)46-33-70-55(83)29-47(46)63(65,66)67)43-18-19-52(69-32-43)76-23-25-77(26-24-76)56(84)21-20-53(81)68-22-12-10-8-9-11-13-54(82)74-58(62(4,5)6)61(87)79-36-44(80)27-51(79)60(86)71-31-41-14-16-42(17-15-41)57-40(3)72-37-88-57/h14-19,28-30,32-33,37-39,44,51,58,80H,8-13,20-27,31,34-36H2,1-7H3,(H,68,81)(H,70,83)(H,71,86)(H,73,85)(H,74,82)/t38-,39+,44-,51+,58?/m1/s1. The number of halogens is 4. The van der Waals surface area contributed by atoms with Crippen LogP contribution in [0, 0.1) is 18.2 Å². The number of likely N-dealkylation sites (tertiary alicyclic amines) is 1. The van der Waals surface area contributed by atoms with Gasteiger partial charge in [-0.3, -0.25) is 38.5 Å². The number of aryl methyl sites for hydroxylation is 1. The molecule has 0 saturated carbocycles. The fourth-order valence-electron chi connectivity index (χ4n) is 11.4. The van der Waals surface area contributed by atoms with Gasteiger partial charge in [0.1, 0.15) is 23.7 Å². The molecule has 0 aliphatic carbocycles. The number of carbonyl (C=O) groups is 6. The van der Waals surface area contributed by atoms with Crippen LogP contribution in [0.25, 0.3) is 21.6 Å². The van der Waals surface area contributed by atoms with Crippen molar-refractivity contribution in [3.05, 3.63) is 111 Å². The van der Waals surface area contributed by atoms with E-state index in [-0.39, 0.29) is 91.4 Å². The summed E-state index contributed by atoms with van der Waals surface area (Å²) in [6.45, 7) is 14.7. The number of likely N-dealkylation sites (N-methyl/N-ethyl adjacent to an activating group) is 1. The largest absolute Gasteiger partial charge is 0.417 e. The van der Waals surface area contributed by atoms with E-state index >= 15 is 4.39 Å². The van der Waals surface area contributed by atoms with Crippen LogP contribution in [0.3, 0.4) is 0 Å². The number of piperazine rings is 2. The van der Waals surface area contributed by atoms with Gasteiger partial charge in [-0.1, -0.05) is 64.3 Å². The van der Waals surface area contributed by atoms with Crippen LogP contribution in [0.4, 0.5) is 34.8 Å². The molecule has 20 nitrogen and oxygen atoms in total. The van der Waals surface area contributed by atoms with Gasteiger partial charge in [0.15, 0.2) is 0 Å². The van der Waals surface area contributed by atoms with Gasteiger partial charge in [0.05, 0.1) is 44.7 Å². The minimum Gasteiger partial charge on any atom is -0.391 e. The predicted octanol–water partition coefficient (Wildman–Crippen LogP) is 7.50. The lowest BCUT2D eigenvalue weighted by molar-refractivity contribution is -0.144. The van der Waals surface area contributed by atoms with Gasteiger partial charge < -0.3 is 51.0 Å². The Balaban J connectivity index is 0.731. The van der Waals surface area contributed by atoms with E-state index in [1.165, 1.54) is 23.2 Å². The number of alkyl halides is 3. The number of nitrogens with one attached hydrogen (secondary N) is 5. The third-order valence-electron chi connectivity index (χ3n) is 16.7. The van der Waals surface area contributed by atoms with Crippen molar-refractivity contribution >= 4 is 64.0 Å². The molecular formula is C63H80F4N12O8S. The molecule has 3 fully saturated rings. The maximum atomic E-state index is 16.2. The molecule has 3 aliphatic rings. The first-order valence-corrected chi connectivity index (χ1v) is 30.9. The number of amides is 6. The summed E-state index contributed by atoms with van der Waals surface area (Å²) in [4.78, 5) is 113. The number of aliphatic hydroxyl groups excluding tert-OH is 1. The molecule has 88 heavy (non-hydrogen) atoms. The van der Waals surface area contributed by atoms with E-state index in [0.29, 0.717) is 82.3 Å². The van der Waals surface area contributed by atoms with Crippen molar-refractivity contribution in [1.82, 2.24) is 45.6 Å². The number of unbranched alkanes of at least 4 members (excludes halogenated alkanes) is 4. The van der Waals surface area contributed by atoms with Crippen LogP contribution in [-0.4, -0.2) is 160 Å². The second-order valence-electron chi connectivity index (χ2n) is 24.3. The molecule has 0 spiro atoms. The van der Waals surface area contributed by atoms with Crippen molar-refractivity contribution in [1.29, 1.82) is 0 Å². The van der Waals surface area contributed by atoms with E-state index in [1.807, 2.05) is 82.7 Å². The van der Waals surface area contributed by atoms with Gasteiger partial charge in [0, 0.05) is 126 Å². The SMILES string of the molecule is Cc1ncsc1-c1ccc(CNC(=O)[C@@H]2C[C@@H](O)CN2C(=O)C(NC(=O)CCCCCCCNC(=O)CCC(=O)N2CCN(c3ccc(-c4cc(NC(=O)c5c[nH]c(=O)cc5C(F)(F)F)c(N5C[C@@H](C)N(C)[C@@H](C)C5)cc4F)cn3)CC2)C(C)(C)C)cc1. The highest BCUT2D eigenvalue weighted by Crippen LogP contribution is 2.38. The molecule has 0 bridgehead atoms.